The van der Waals surface area contributed by atoms with Crippen molar-refractivity contribution < 1.29 is 9.13 Å². The normalized spacial score (nSPS) is 17.3. The summed E-state index contributed by atoms with van der Waals surface area (Å²) in [5.74, 6) is 2.89. The van der Waals surface area contributed by atoms with E-state index in [2.05, 4.69) is 32.6 Å². The van der Waals surface area contributed by atoms with Gasteiger partial charge >= 0.3 is 0 Å². The topological polar surface area (TPSA) is 76.4 Å². The monoisotopic (exact) mass is 502 g/mol. The van der Waals surface area contributed by atoms with Gasteiger partial charge in [-0.2, -0.15) is 5.10 Å². The number of hydrogen-bond donors (Lipinski definition) is 2. The molecule has 154 valence electrons. The van der Waals surface area contributed by atoms with E-state index in [-0.39, 0.29) is 41.9 Å². The quantitative estimate of drug-likeness (QED) is 0.361. The van der Waals surface area contributed by atoms with Crippen molar-refractivity contribution in [2.45, 2.75) is 51.8 Å². The zero-order valence-corrected chi connectivity index (χ0v) is 18.8. The Morgan fingerprint density at radius 1 is 1.46 bits per heavy atom. The number of aliphatic imine (C=N–C) groups is 1. The van der Waals surface area contributed by atoms with Crippen LogP contribution in [0.25, 0.3) is 0 Å². The zero-order valence-electron chi connectivity index (χ0n) is 16.5. The third-order valence-corrected chi connectivity index (χ3v) is 4.47. The number of rotatable bonds is 6. The van der Waals surface area contributed by atoms with E-state index in [4.69, 9.17) is 4.74 Å². The first-order chi connectivity index (χ1) is 13.1. The van der Waals surface area contributed by atoms with Crippen molar-refractivity contribution in [1.29, 1.82) is 0 Å². The van der Waals surface area contributed by atoms with Crippen LogP contribution in [0.2, 0.25) is 0 Å². The number of guanidine groups is 1. The molecule has 28 heavy (non-hydrogen) atoms. The highest BCUT2D eigenvalue weighted by Crippen LogP contribution is 2.14. The van der Waals surface area contributed by atoms with Crippen LogP contribution < -0.4 is 15.4 Å². The Hall–Kier alpha value is -1.91. The molecule has 0 aliphatic carbocycles. The zero-order chi connectivity index (χ0) is 19.2. The maximum atomic E-state index is 13.2. The van der Waals surface area contributed by atoms with Crippen molar-refractivity contribution in [3.05, 3.63) is 41.7 Å². The fourth-order valence-electron chi connectivity index (χ4n) is 3.07. The molecular weight excluding hydrogens is 474 g/mol. The molecule has 0 saturated heterocycles. The Morgan fingerprint density at radius 3 is 3.00 bits per heavy atom. The summed E-state index contributed by atoms with van der Waals surface area (Å²) >= 11 is 0. The van der Waals surface area contributed by atoms with E-state index >= 15 is 0 Å². The van der Waals surface area contributed by atoms with Crippen molar-refractivity contribution in [3.8, 4) is 5.75 Å². The first kappa shape index (κ1) is 22.4. The number of ether oxygens (including phenoxy) is 1. The number of halogens is 2. The number of benzene rings is 1. The van der Waals surface area contributed by atoms with Gasteiger partial charge in [-0.25, -0.2) is 14.1 Å². The second kappa shape index (κ2) is 10.6. The molecule has 2 aromatic rings. The number of aryl methyl sites for hydroxylation is 2. The number of aromatic nitrogens is 3. The summed E-state index contributed by atoms with van der Waals surface area (Å²) in [4.78, 5) is 8.83. The number of hydrogen-bond acceptors (Lipinski definition) is 4. The summed E-state index contributed by atoms with van der Waals surface area (Å²) in [6, 6.07) is 6.40. The van der Waals surface area contributed by atoms with E-state index in [1.165, 1.54) is 12.1 Å². The van der Waals surface area contributed by atoms with Crippen molar-refractivity contribution in [2.75, 3.05) is 13.6 Å². The molecule has 0 saturated carbocycles. The lowest BCUT2D eigenvalue weighted by Gasteiger charge is -2.26. The van der Waals surface area contributed by atoms with E-state index < -0.39 is 0 Å². The van der Waals surface area contributed by atoms with Crippen LogP contribution in [0.3, 0.4) is 0 Å². The predicted octanol–water partition coefficient (Wildman–Crippen LogP) is 2.54. The highest BCUT2D eigenvalue weighted by atomic mass is 127. The Kier molecular flexibility index (Phi) is 8.46. The largest absolute Gasteiger partial charge is 0.489 e. The molecule has 2 unspecified atom stereocenters. The standard InChI is InChI=1S/C19H27FN6O.HI/c1-4-17-24-18-9-8-15(12-26(18)25-17)23-19(21-3)22-11-13(2)27-16-7-5-6-14(20)10-16;/h5-7,10,13,15H,4,8-9,11-12H2,1-3H3,(H2,21,22,23);1H. The minimum Gasteiger partial charge on any atom is -0.489 e. The van der Waals surface area contributed by atoms with Crippen molar-refractivity contribution in [2.24, 2.45) is 4.99 Å². The van der Waals surface area contributed by atoms with Crippen LogP contribution in [0.15, 0.2) is 29.3 Å². The molecule has 0 spiro atoms. The van der Waals surface area contributed by atoms with Crippen LogP contribution in [0.1, 0.15) is 31.9 Å². The van der Waals surface area contributed by atoms with E-state index in [0.717, 1.165) is 37.5 Å². The van der Waals surface area contributed by atoms with Gasteiger partial charge in [0.05, 0.1) is 13.1 Å². The molecule has 1 aromatic heterocycles. The molecule has 9 heteroatoms. The van der Waals surface area contributed by atoms with Gasteiger partial charge in [0, 0.05) is 32.0 Å². The van der Waals surface area contributed by atoms with Gasteiger partial charge in [-0.3, -0.25) is 4.99 Å². The molecule has 0 fully saturated rings. The minimum atomic E-state index is -0.304. The summed E-state index contributed by atoms with van der Waals surface area (Å²) in [6.07, 6.45) is 2.61. The Bertz CT molecular complexity index is 796. The van der Waals surface area contributed by atoms with Gasteiger partial charge in [0.25, 0.3) is 0 Å². The minimum absolute atomic E-state index is 0. The van der Waals surface area contributed by atoms with Gasteiger partial charge < -0.3 is 15.4 Å². The fourth-order valence-corrected chi connectivity index (χ4v) is 3.07. The number of nitrogens with zero attached hydrogens (tertiary/aromatic N) is 4. The molecule has 3 rings (SSSR count). The lowest BCUT2D eigenvalue weighted by Crippen LogP contribution is -2.48. The molecular formula is C19H28FIN6O. The molecule has 0 amide bonds. The summed E-state index contributed by atoms with van der Waals surface area (Å²) in [5.41, 5.74) is 0. The molecule has 2 N–H and O–H groups in total. The van der Waals surface area contributed by atoms with Gasteiger partial charge in [0.15, 0.2) is 11.8 Å². The Morgan fingerprint density at radius 2 is 2.29 bits per heavy atom. The van der Waals surface area contributed by atoms with Gasteiger partial charge in [-0.15, -0.1) is 24.0 Å². The summed E-state index contributed by atoms with van der Waals surface area (Å²) < 4.78 is 21.0. The van der Waals surface area contributed by atoms with Crippen molar-refractivity contribution in [1.82, 2.24) is 25.4 Å². The van der Waals surface area contributed by atoms with Gasteiger partial charge in [0.1, 0.15) is 23.5 Å². The highest BCUT2D eigenvalue weighted by molar-refractivity contribution is 14.0. The molecule has 2 heterocycles. The van der Waals surface area contributed by atoms with Crippen LogP contribution in [-0.4, -0.2) is 46.5 Å². The Labute approximate surface area is 182 Å². The predicted molar refractivity (Wildman–Crippen MR) is 118 cm³/mol. The third kappa shape index (κ3) is 6.05. The van der Waals surface area contributed by atoms with E-state index in [1.54, 1.807) is 19.2 Å². The molecule has 1 aliphatic heterocycles. The molecule has 0 radical (unpaired) electrons. The average molecular weight is 502 g/mol. The van der Waals surface area contributed by atoms with Crippen LogP contribution in [0.5, 0.6) is 5.75 Å². The van der Waals surface area contributed by atoms with Gasteiger partial charge in [0.2, 0.25) is 0 Å². The van der Waals surface area contributed by atoms with Crippen LogP contribution >= 0.6 is 24.0 Å². The highest BCUT2D eigenvalue weighted by Gasteiger charge is 2.22. The Balaban J connectivity index is 0.00000280. The number of nitrogens with one attached hydrogen (secondary N) is 2. The molecule has 1 aromatic carbocycles. The maximum Gasteiger partial charge on any atom is 0.191 e. The molecule has 2 atom stereocenters. The van der Waals surface area contributed by atoms with Crippen LogP contribution in [-0.2, 0) is 19.4 Å². The fraction of sp³-hybridized carbons (Fsp3) is 0.526. The van der Waals surface area contributed by atoms with Crippen molar-refractivity contribution >= 4 is 29.9 Å². The van der Waals surface area contributed by atoms with E-state index in [9.17, 15) is 4.39 Å². The van der Waals surface area contributed by atoms with Crippen LogP contribution in [0, 0.1) is 5.82 Å². The first-order valence-corrected chi connectivity index (χ1v) is 9.39. The average Bonchev–Trinajstić information content (AvgIpc) is 3.07. The second-order valence-electron chi connectivity index (χ2n) is 6.70. The van der Waals surface area contributed by atoms with Gasteiger partial charge in [-0.05, 0) is 25.5 Å². The SMILES string of the molecule is CCc1nc2n(n1)CC(NC(=NC)NCC(C)Oc1cccc(F)c1)CC2.I. The second-order valence-corrected chi connectivity index (χ2v) is 6.70. The maximum absolute atomic E-state index is 13.2. The lowest BCUT2D eigenvalue weighted by molar-refractivity contribution is 0.222. The van der Waals surface area contributed by atoms with Gasteiger partial charge in [-0.1, -0.05) is 13.0 Å². The molecule has 7 nitrogen and oxygen atoms in total. The summed E-state index contributed by atoms with van der Waals surface area (Å²) in [5, 5.41) is 11.2. The van der Waals surface area contributed by atoms with E-state index in [0.29, 0.717) is 18.3 Å². The smallest absolute Gasteiger partial charge is 0.191 e. The van der Waals surface area contributed by atoms with Crippen LogP contribution in [0.4, 0.5) is 4.39 Å². The summed E-state index contributed by atoms with van der Waals surface area (Å²) in [6.45, 7) is 5.32. The summed E-state index contributed by atoms with van der Waals surface area (Å²) in [7, 11) is 1.74. The number of fused-ring (bicyclic) bond motifs is 1. The third-order valence-electron chi connectivity index (χ3n) is 4.47. The first-order valence-electron chi connectivity index (χ1n) is 9.39. The van der Waals surface area contributed by atoms with E-state index in [1.807, 2.05) is 11.6 Å². The lowest BCUT2D eigenvalue weighted by atomic mass is 10.1. The van der Waals surface area contributed by atoms with Crippen molar-refractivity contribution in [3.63, 3.8) is 0 Å². The molecule has 1 aliphatic rings. The molecule has 0 bridgehead atoms.